The Morgan fingerprint density at radius 1 is 0.875 bits per heavy atom. The number of carbonyl (C=O) groups is 1. The number of benzene rings is 2. The molecule has 1 amide bonds. The van der Waals surface area contributed by atoms with Crippen molar-refractivity contribution < 1.29 is 14.3 Å². The Hall–Kier alpha value is -4.06. The fourth-order valence-electron chi connectivity index (χ4n) is 3.74. The molecule has 162 valence electrons. The summed E-state index contributed by atoms with van der Waals surface area (Å²) in [5, 5.41) is 2.90. The predicted octanol–water partition coefficient (Wildman–Crippen LogP) is 5.43. The Bertz CT molecular complexity index is 1240. The predicted molar refractivity (Wildman–Crippen MR) is 126 cm³/mol. The molecule has 2 aromatic carbocycles. The number of carbonyl (C=O) groups excluding carboxylic acids is 1. The molecule has 0 radical (unpaired) electrons. The zero-order valence-corrected chi connectivity index (χ0v) is 18.5. The van der Waals surface area contributed by atoms with Gasteiger partial charge in [-0.3, -0.25) is 9.78 Å². The monoisotopic (exact) mass is 427 g/mol. The first kappa shape index (κ1) is 21.2. The van der Waals surface area contributed by atoms with Gasteiger partial charge in [0, 0.05) is 40.5 Å². The second-order valence-electron chi connectivity index (χ2n) is 7.42. The molecule has 0 bridgehead atoms. The van der Waals surface area contributed by atoms with E-state index in [-0.39, 0.29) is 5.91 Å². The molecule has 6 heteroatoms. The lowest BCUT2D eigenvalue weighted by molar-refractivity contribution is 0.102. The van der Waals surface area contributed by atoms with Crippen molar-refractivity contribution in [1.29, 1.82) is 0 Å². The molecule has 4 rings (SSSR count). The number of nitrogens with one attached hydrogen (secondary N) is 1. The number of methoxy groups -OCH3 is 2. The van der Waals surface area contributed by atoms with Gasteiger partial charge in [-0.05, 0) is 62.4 Å². The first-order valence-electron chi connectivity index (χ1n) is 10.3. The van der Waals surface area contributed by atoms with Gasteiger partial charge in [0.25, 0.3) is 5.91 Å². The van der Waals surface area contributed by atoms with E-state index in [9.17, 15) is 4.79 Å². The van der Waals surface area contributed by atoms with Crippen molar-refractivity contribution >= 4 is 11.6 Å². The van der Waals surface area contributed by atoms with Gasteiger partial charge >= 0.3 is 0 Å². The third-order valence-corrected chi connectivity index (χ3v) is 5.36. The SMILES string of the molecule is COc1ccc(NC(=O)c2ccc(-c3ncccc3-n3c(C)ccc3C)cc2)cc1OC. The highest BCUT2D eigenvalue weighted by molar-refractivity contribution is 6.04. The first-order valence-corrected chi connectivity index (χ1v) is 10.3. The van der Waals surface area contributed by atoms with Crippen molar-refractivity contribution in [2.75, 3.05) is 19.5 Å². The standard InChI is InChI=1S/C26H25N3O3/c1-17-7-8-18(2)29(17)22-6-5-15-27-25(22)19-9-11-20(12-10-19)26(30)28-21-13-14-23(31-3)24(16-21)32-4/h5-16H,1-4H3,(H,28,30). The van der Waals surface area contributed by atoms with Gasteiger partial charge in [-0.1, -0.05) is 12.1 Å². The smallest absolute Gasteiger partial charge is 0.255 e. The second-order valence-corrected chi connectivity index (χ2v) is 7.42. The van der Waals surface area contributed by atoms with Crippen LogP contribution in [-0.2, 0) is 0 Å². The number of nitrogens with zero attached hydrogens (tertiary/aromatic N) is 2. The van der Waals surface area contributed by atoms with E-state index in [2.05, 4.69) is 46.9 Å². The lowest BCUT2D eigenvalue weighted by atomic mass is 10.1. The van der Waals surface area contributed by atoms with Crippen LogP contribution >= 0.6 is 0 Å². The highest BCUT2D eigenvalue weighted by atomic mass is 16.5. The van der Waals surface area contributed by atoms with E-state index in [1.807, 2.05) is 18.2 Å². The zero-order valence-electron chi connectivity index (χ0n) is 18.5. The van der Waals surface area contributed by atoms with Crippen molar-refractivity contribution in [2.45, 2.75) is 13.8 Å². The summed E-state index contributed by atoms with van der Waals surface area (Å²) in [5.41, 5.74) is 6.27. The molecule has 0 unspecified atom stereocenters. The minimum Gasteiger partial charge on any atom is -0.493 e. The Morgan fingerprint density at radius 2 is 1.56 bits per heavy atom. The van der Waals surface area contributed by atoms with Crippen LogP contribution in [0.25, 0.3) is 16.9 Å². The average molecular weight is 428 g/mol. The van der Waals surface area contributed by atoms with Gasteiger partial charge in [-0.2, -0.15) is 0 Å². The quantitative estimate of drug-likeness (QED) is 0.446. The maximum Gasteiger partial charge on any atom is 0.255 e. The van der Waals surface area contributed by atoms with Gasteiger partial charge in [0.1, 0.15) is 0 Å². The molecule has 0 atom stereocenters. The number of ether oxygens (including phenoxy) is 2. The van der Waals surface area contributed by atoms with Gasteiger partial charge in [0.15, 0.2) is 11.5 Å². The molecular weight excluding hydrogens is 402 g/mol. The molecule has 0 aliphatic heterocycles. The summed E-state index contributed by atoms with van der Waals surface area (Å²) < 4.78 is 12.7. The number of hydrogen-bond acceptors (Lipinski definition) is 4. The normalized spacial score (nSPS) is 10.6. The first-order chi connectivity index (χ1) is 15.5. The summed E-state index contributed by atoms with van der Waals surface area (Å²) in [6.45, 7) is 4.15. The van der Waals surface area contributed by atoms with Gasteiger partial charge in [0.05, 0.1) is 25.6 Å². The molecular formula is C26H25N3O3. The van der Waals surface area contributed by atoms with Gasteiger partial charge in [0.2, 0.25) is 0 Å². The Morgan fingerprint density at radius 3 is 2.22 bits per heavy atom. The van der Waals surface area contributed by atoms with Gasteiger partial charge < -0.3 is 19.4 Å². The number of amides is 1. The van der Waals surface area contributed by atoms with E-state index in [1.165, 1.54) is 0 Å². The Kier molecular flexibility index (Phi) is 5.94. The van der Waals surface area contributed by atoms with Gasteiger partial charge in [-0.15, -0.1) is 0 Å². The van der Waals surface area contributed by atoms with Crippen LogP contribution < -0.4 is 14.8 Å². The largest absolute Gasteiger partial charge is 0.493 e. The maximum atomic E-state index is 12.8. The maximum absolute atomic E-state index is 12.8. The number of aromatic nitrogens is 2. The molecule has 2 aromatic heterocycles. The lowest BCUT2D eigenvalue weighted by Crippen LogP contribution is -2.12. The number of rotatable bonds is 6. The van der Waals surface area contributed by atoms with Crippen molar-refractivity contribution in [3.05, 3.63) is 89.9 Å². The van der Waals surface area contributed by atoms with E-state index < -0.39 is 0 Å². The molecule has 0 fully saturated rings. The molecule has 0 saturated carbocycles. The third-order valence-electron chi connectivity index (χ3n) is 5.36. The second kappa shape index (κ2) is 8.98. The summed E-state index contributed by atoms with van der Waals surface area (Å²) in [7, 11) is 3.13. The van der Waals surface area contributed by atoms with Crippen LogP contribution in [0.2, 0.25) is 0 Å². The minimum absolute atomic E-state index is 0.206. The van der Waals surface area contributed by atoms with Crippen LogP contribution in [0.3, 0.4) is 0 Å². The Balaban J connectivity index is 1.59. The molecule has 0 spiro atoms. The number of anilines is 1. The number of aryl methyl sites for hydroxylation is 2. The fraction of sp³-hybridized carbons (Fsp3) is 0.154. The topological polar surface area (TPSA) is 65.4 Å². The molecule has 1 N–H and O–H groups in total. The van der Waals surface area contributed by atoms with Gasteiger partial charge in [-0.25, -0.2) is 0 Å². The van der Waals surface area contributed by atoms with Crippen molar-refractivity contribution in [1.82, 2.24) is 9.55 Å². The summed E-state index contributed by atoms with van der Waals surface area (Å²) >= 11 is 0. The zero-order chi connectivity index (χ0) is 22.7. The average Bonchev–Trinajstić information content (AvgIpc) is 3.16. The highest BCUT2D eigenvalue weighted by Crippen LogP contribution is 2.30. The summed E-state index contributed by atoms with van der Waals surface area (Å²) in [4.78, 5) is 17.4. The number of hydrogen-bond donors (Lipinski definition) is 1. The van der Waals surface area contributed by atoms with E-state index in [0.717, 1.165) is 28.3 Å². The lowest BCUT2D eigenvalue weighted by Gasteiger charge is -2.14. The molecule has 0 aliphatic carbocycles. The van der Waals surface area contributed by atoms with Crippen LogP contribution in [0.5, 0.6) is 11.5 Å². The molecule has 2 heterocycles. The van der Waals surface area contributed by atoms with Crippen LogP contribution in [0.4, 0.5) is 5.69 Å². The molecule has 32 heavy (non-hydrogen) atoms. The minimum atomic E-state index is -0.206. The molecule has 0 aliphatic rings. The number of pyridine rings is 1. The third kappa shape index (κ3) is 4.07. The van der Waals surface area contributed by atoms with E-state index >= 15 is 0 Å². The van der Waals surface area contributed by atoms with E-state index in [4.69, 9.17) is 9.47 Å². The van der Waals surface area contributed by atoms with Crippen LogP contribution in [0.15, 0.2) is 72.9 Å². The summed E-state index contributed by atoms with van der Waals surface area (Å²) in [5.74, 6) is 0.954. The molecule has 6 nitrogen and oxygen atoms in total. The van der Waals surface area contributed by atoms with Crippen molar-refractivity contribution in [2.24, 2.45) is 0 Å². The fourth-order valence-corrected chi connectivity index (χ4v) is 3.74. The Labute approximate surface area is 187 Å². The van der Waals surface area contributed by atoms with Crippen LogP contribution in [0, 0.1) is 13.8 Å². The van der Waals surface area contributed by atoms with Crippen LogP contribution in [0.1, 0.15) is 21.7 Å². The molecule has 0 saturated heterocycles. The van der Waals surface area contributed by atoms with E-state index in [1.54, 1.807) is 50.7 Å². The van der Waals surface area contributed by atoms with Crippen molar-refractivity contribution in [3.63, 3.8) is 0 Å². The van der Waals surface area contributed by atoms with E-state index in [0.29, 0.717) is 22.7 Å². The summed E-state index contributed by atoms with van der Waals surface area (Å²) in [6, 6.07) is 20.9. The van der Waals surface area contributed by atoms with Crippen LogP contribution in [-0.4, -0.2) is 29.7 Å². The van der Waals surface area contributed by atoms with Crippen molar-refractivity contribution in [3.8, 4) is 28.4 Å². The highest BCUT2D eigenvalue weighted by Gasteiger charge is 2.13. The summed E-state index contributed by atoms with van der Waals surface area (Å²) in [6.07, 6.45) is 1.78. The molecule has 4 aromatic rings.